The zero-order valence-electron chi connectivity index (χ0n) is 14.2. The van der Waals surface area contributed by atoms with Gasteiger partial charge in [0, 0.05) is 33.8 Å². The maximum Gasteiger partial charge on any atom is 0.328 e. The third kappa shape index (κ3) is 10.5. The number of carbonyl (C=O) groups excluding carboxylic acids is 4. The van der Waals surface area contributed by atoms with E-state index in [-0.39, 0.29) is 0 Å². The minimum atomic E-state index is -1.43. The van der Waals surface area contributed by atoms with Crippen LogP contribution in [0.15, 0.2) is 12.2 Å². The quantitative estimate of drug-likeness (QED) is 0.338. The first-order valence-electron chi connectivity index (χ1n) is 7.09. The molecule has 0 radical (unpaired) electrons. The summed E-state index contributed by atoms with van der Waals surface area (Å²) in [5.41, 5.74) is 0. The molecule has 25 heavy (non-hydrogen) atoms. The molecule has 10 nitrogen and oxygen atoms in total. The number of hydrogen-bond donors (Lipinski definition) is 1. The summed E-state index contributed by atoms with van der Waals surface area (Å²) in [6.45, 7) is 3.79. The van der Waals surface area contributed by atoms with E-state index in [1.54, 1.807) is 0 Å². The van der Waals surface area contributed by atoms with Crippen molar-refractivity contribution in [2.24, 2.45) is 0 Å². The Hall–Kier alpha value is -2.91. The molecule has 1 N–H and O–H groups in total. The standard InChI is InChI=1S/C15H20O10/c1-8(16)22-7-13(24-10(3)18)15(25-11(4)19)12(23-9(2)17)5-6-14(20)21/h5-6,12-13,15H,7H2,1-4H3,(H,20,21)/t12-,13-,15+/m1/s1. The van der Waals surface area contributed by atoms with Crippen LogP contribution in [0.1, 0.15) is 27.7 Å². The highest BCUT2D eigenvalue weighted by Gasteiger charge is 2.36. The molecular formula is C15H20O10. The Morgan fingerprint density at radius 2 is 1.36 bits per heavy atom. The zero-order chi connectivity index (χ0) is 19.6. The van der Waals surface area contributed by atoms with Crippen LogP contribution in [-0.4, -0.2) is 59.9 Å². The molecule has 0 aliphatic rings. The average Bonchev–Trinajstić information content (AvgIpc) is 2.44. The van der Waals surface area contributed by atoms with E-state index in [0.29, 0.717) is 6.08 Å². The van der Waals surface area contributed by atoms with Gasteiger partial charge < -0.3 is 24.1 Å². The Morgan fingerprint density at radius 3 is 1.76 bits per heavy atom. The van der Waals surface area contributed by atoms with Gasteiger partial charge in [-0.15, -0.1) is 0 Å². The van der Waals surface area contributed by atoms with Gasteiger partial charge in [-0.05, 0) is 6.08 Å². The molecule has 0 aromatic carbocycles. The van der Waals surface area contributed by atoms with Crippen molar-refractivity contribution in [2.75, 3.05) is 6.61 Å². The van der Waals surface area contributed by atoms with Gasteiger partial charge in [0.15, 0.2) is 18.3 Å². The third-order valence-electron chi connectivity index (χ3n) is 2.49. The Labute approximate surface area is 143 Å². The largest absolute Gasteiger partial charge is 0.478 e. The normalized spacial score (nSPS) is 14.1. The lowest BCUT2D eigenvalue weighted by molar-refractivity contribution is -0.185. The van der Waals surface area contributed by atoms with Gasteiger partial charge in [0.25, 0.3) is 0 Å². The van der Waals surface area contributed by atoms with Gasteiger partial charge in [-0.3, -0.25) is 19.2 Å². The summed E-state index contributed by atoms with van der Waals surface area (Å²) in [6.07, 6.45) is -2.53. The topological polar surface area (TPSA) is 142 Å². The van der Waals surface area contributed by atoms with Gasteiger partial charge >= 0.3 is 29.8 Å². The number of hydrogen-bond acceptors (Lipinski definition) is 9. The fraction of sp³-hybridized carbons (Fsp3) is 0.533. The minimum Gasteiger partial charge on any atom is -0.478 e. The summed E-state index contributed by atoms with van der Waals surface area (Å²) in [5.74, 6) is -4.43. The van der Waals surface area contributed by atoms with E-state index in [9.17, 15) is 24.0 Å². The average molecular weight is 360 g/mol. The van der Waals surface area contributed by atoms with Crippen molar-refractivity contribution in [1.29, 1.82) is 0 Å². The first-order chi connectivity index (χ1) is 11.5. The van der Waals surface area contributed by atoms with Crippen molar-refractivity contribution in [3.8, 4) is 0 Å². The molecule has 3 atom stereocenters. The fourth-order valence-electron chi connectivity index (χ4n) is 1.74. The highest BCUT2D eigenvalue weighted by molar-refractivity contribution is 5.80. The Kier molecular flexibility index (Phi) is 9.53. The molecule has 0 heterocycles. The molecular weight excluding hydrogens is 340 g/mol. The van der Waals surface area contributed by atoms with Gasteiger partial charge in [-0.2, -0.15) is 0 Å². The lowest BCUT2D eigenvalue weighted by Crippen LogP contribution is -2.46. The predicted molar refractivity (Wildman–Crippen MR) is 80.1 cm³/mol. The molecule has 0 saturated carbocycles. The van der Waals surface area contributed by atoms with E-state index in [1.807, 2.05) is 0 Å². The number of rotatable bonds is 9. The van der Waals surface area contributed by atoms with Crippen molar-refractivity contribution >= 4 is 29.8 Å². The Balaban J connectivity index is 5.72. The van der Waals surface area contributed by atoms with Crippen molar-refractivity contribution in [3.05, 3.63) is 12.2 Å². The molecule has 0 spiro atoms. The molecule has 0 aromatic rings. The fourth-order valence-corrected chi connectivity index (χ4v) is 1.74. The van der Waals surface area contributed by atoms with E-state index in [4.69, 9.17) is 24.1 Å². The molecule has 0 amide bonds. The maximum absolute atomic E-state index is 11.4. The highest BCUT2D eigenvalue weighted by atomic mass is 16.6. The maximum atomic E-state index is 11.4. The van der Waals surface area contributed by atoms with Crippen LogP contribution in [0.4, 0.5) is 0 Å². The number of esters is 4. The van der Waals surface area contributed by atoms with Gasteiger partial charge in [-0.25, -0.2) is 4.79 Å². The molecule has 0 aliphatic heterocycles. The van der Waals surface area contributed by atoms with Crippen molar-refractivity contribution < 1.29 is 48.0 Å². The smallest absolute Gasteiger partial charge is 0.328 e. The molecule has 0 saturated heterocycles. The monoisotopic (exact) mass is 360 g/mol. The molecule has 0 unspecified atom stereocenters. The van der Waals surface area contributed by atoms with Crippen LogP contribution in [0.5, 0.6) is 0 Å². The SMILES string of the molecule is CC(=O)OC[C@@H](OC(C)=O)[C@@H](OC(C)=O)[C@@H](C=CC(=O)O)OC(C)=O. The summed E-state index contributed by atoms with van der Waals surface area (Å²) in [7, 11) is 0. The van der Waals surface area contributed by atoms with E-state index < -0.39 is 54.8 Å². The van der Waals surface area contributed by atoms with Crippen LogP contribution in [0.25, 0.3) is 0 Å². The molecule has 0 aromatic heterocycles. The summed E-state index contributed by atoms with van der Waals surface area (Å²) in [6, 6.07) is 0. The van der Waals surface area contributed by atoms with Crippen molar-refractivity contribution in [2.45, 2.75) is 46.0 Å². The van der Waals surface area contributed by atoms with Gasteiger partial charge in [0.05, 0.1) is 0 Å². The zero-order valence-corrected chi connectivity index (χ0v) is 14.2. The third-order valence-corrected chi connectivity index (χ3v) is 2.49. The van der Waals surface area contributed by atoms with Crippen LogP contribution in [0, 0.1) is 0 Å². The Morgan fingerprint density at radius 1 is 0.840 bits per heavy atom. The molecule has 140 valence electrons. The lowest BCUT2D eigenvalue weighted by atomic mass is 10.1. The second-order valence-electron chi connectivity index (χ2n) is 4.80. The highest BCUT2D eigenvalue weighted by Crippen LogP contribution is 2.16. The first kappa shape index (κ1) is 22.1. The van der Waals surface area contributed by atoms with E-state index >= 15 is 0 Å². The predicted octanol–water partition coefficient (Wildman–Crippen LogP) is -0.0146. The minimum absolute atomic E-state index is 0.495. The van der Waals surface area contributed by atoms with E-state index in [0.717, 1.165) is 33.8 Å². The molecule has 10 heteroatoms. The van der Waals surface area contributed by atoms with Crippen LogP contribution in [0.3, 0.4) is 0 Å². The van der Waals surface area contributed by atoms with Crippen LogP contribution in [0.2, 0.25) is 0 Å². The summed E-state index contributed by atoms with van der Waals surface area (Å²) in [4.78, 5) is 55.6. The van der Waals surface area contributed by atoms with Crippen LogP contribution >= 0.6 is 0 Å². The number of ether oxygens (including phenoxy) is 4. The van der Waals surface area contributed by atoms with Gasteiger partial charge in [-0.1, -0.05) is 0 Å². The summed E-state index contributed by atoms with van der Waals surface area (Å²) >= 11 is 0. The van der Waals surface area contributed by atoms with Crippen molar-refractivity contribution in [1.82, 2.24) is 0 Å². The molecule has 0 aliphatic carbocycles. The molecule has 0 fully saturated rings. The second-order valence-corrected chi connectivity index (χ2v) is 4.80. The van der Waals surface area contributed by atoms with E-state index in [1.165, 1.54) is 0 Å². The summed E-state index contributed by atoms with van der Waals surface area (Å²) in [5, 5.41) is 8.73. The summed E-state index contributed by atoms with van der Waals surface area (Å²) < 4.78 is 19.7. The first-order valence-corrected chi connectivity index (χ1v) is 7.09. The van der Waals surface area contributed by atoms with Crippen LogP contribution in [-0.2, 0) is 42.9 Å². The molecule has 0 rings (SSSR count). The lowest BCUT2D eigenvalue weighted by Gasteiger charge is -2.30. The number of carboxylic acids is 1. The Bertz CT molecular complexity index is 551. The number of carbonyl (C=O) groups is 5. The number of aliphatic carboxylic acids is 1. The van der Waals surface area contributed by atoms with Crippen molar-refractivity contribution in [3.63, 3.8) is 0 Å². The number of carboxylic acid groups (broad SMARTS) is 1. The van der Waals surface area contributed by atoms with E-state index in [2.05, 4.69) is 0 Å². The second kappa shape index (κ2) is 10.8. The molecule has 0 bridgehead atoms. The van der Waals surface area contributed by atoms with Gasteiger partial charge in [0.1, 0.15) is 6.61 Å². The van der Waals surface area contributed by atoms with Crippen LogP contribution < -0.4 is 0 Å². The van der Waals surface area contributed by atoms with Gasteiger partial charge in [0.2, 0.25) is 0 Å².